The molecule has 0 aromatic heterocycles. The van der Waals surface area contributed by atoms with Crippen LogP contribution in [0.15, 0.2) is 47.6 Å². The average molecular weight is 401 g/mol. The van der Waals surface area contributed by atoms with Crippen molar-refractivity contribution in [1.82, 2.24) is 0 Å². The van der Waals surface area contributed by atoms with Gasteiger partial charge in [0.25, 0.3) is 0 Å². The minimum absolute atomic E-state index is 0.267. The van der Waals surface area contributed by atoms with E-state index in [0.717, 1.165) is 12.0 Å². The molecule has 0 spiro atoms. The Bertz CT molecular complexity index is 670. The number of hydrogen-bond donors (Lipinski definition) is 3. The van der Waals surface area contributed by atoms with Crippen LogP contribution < -0.4 is 0 Å². The summed E-state index contributed by atoms with van der Waals surface area (Å²) in [5.74, 6) is 1.87. The van der Waals surface area contributed by atoms with E-state index in [1.165, 1.54) is 32.1 Å². The lowest BCUT2D eigenvalue weighted by atomic mass is 9.61. The Morgan fingerprint density at radius 1 is 1.14 bits per heavy atom. The van der Waals surface area contributed by atoms with Gasteiger partial charge < -0.3 is 15.3 Å². The van der Waals surface area contributed by atoms with Crippen LogP contribution in [0.5, 0.6) is 0 Å². The number of aliphatic hydroxyl groups excluding tert-OH is 3. The van der Waals surface area contributed by atoms with Gasteiger partial charge in [-0.25, -0.2) is 0 Å². The second-order valence-electron chi connectivity index (χ2n) is 10.0. The van der Waals surface area contributed by atoms with Crippen molar-refractivity contribution < 1.29 is 15.3 Å². The van der Waals surface area contributed by atoms with Gasteiger partial charge in [-0.15, -0.1) is 0 Å². The zero-order chi connectivity index (χ0) is 21.2. The molecule has 0 bridgehead atoms. The fourth-order valence-corrected chi connectivity index (χ4v) is 6.19. The van der Waals surface area contributed by atoms with Crippen LogP contribution in [0.2, 0.25) is 0 Å². The molecule has 0 amide bonds. The predicted molar refractivity (Wildman–Crippen MR) is 119 cm³/mol. The Morgan fingerprint density at radius 3 is 2.48 bits per heavy atom. The molecule has 3 N–H and O–H groups in total. The highest BCUT2D eigenvalue weighted by atomic mass is 16.3. The summed E-state index contributed by atoms with van der Waals surface area (Å²) >= 11 is 0. The fourth-order valence-electron chi connectivity index (χ4n) is 6.19. The molecule has 3 rings (SSSR count). The molecule has 162 valence electrons. The number of rotatable bonds is 5. The average Bonchev–Trinajstić information content (AvgIpc) is 3.01. The van der Waals surface area contributed by atoms with Crippen LogP contribution >= 0.6 is 0 Å². The third-order valence-electron chi connectivity index (χ3n) is 7.89. The molecule has 0 heterocycles. The molecule has 0 aliphatic heterocycles. The molecule has 0 aromatic rings. The van der Waals surface area contributed by atoms with Crippen molar-refractivity contribution in [3.63, 3.8) is 0 Å². The molecule has 3 saturated carbocycles. The summed E-state index contributed by atoms with van der Waals surface area (Å²) in [6.45, 7) is 10.5. The van der Waals surface area contributed by atoms with Gasteiger partial charge in [-0.1, -0.05) is 55.9 Å². The van der Waals surface area contributed by atoms with E-state index in [1.54, 1.807) is 5.57 Å². The van der Waals surface area contributed by atoms with E-state index < -0.39 is 12.2 Å². The van der Waals surface area contributed by atoms with Gasteiger partial charge in [-0.05, 0) is 87.0 Å². The second kappa shape index (κ2) is 9.32. The molecule has 0 unspecified atom stereocenters. The van der Waals surface area contributed by atoms with Crippen molar-refractivity contribution in [2.45, 2.75) is 90.4 Å². The van der Waals surface area contributed by atoms with Crippen LogP contribution in [0.25, 0.3) is 0 Å². The highest BCUT2D eigenvalue weighted by Crippen LogP contribution is 2.59. The van der Waals surface area contributed by atoms with Crippen molar-refractivity contribution >= 4 is 0 Å². The summed E-state index contributed by atoms with van der Waals surface area (Å²) in [5, 5.41) is 29.7. The van der Waals surface area contributed by atoms with Crippen molar-refractivity contribution in [3.05, 3.63) is 47.6 Å². The third kappa shape index (κ3) is 4.95. The van der Waals surface area contributed by atoms with Gasteiger partial charge in [0.05, 0.1) is 18.3 Å². The molecule has 3 fully saturated rings. The topological polar surface area (TPSA) is 60.7 Å². The fraction of sp³-hybridized carbons (Fsp3) is 0.692. The lowest BCUT2D eigenvalue weighted by Crippen LogP contribution is -2.35. The SMILES string of the molecule is C=C1[C@H](O)CC(=CC=C2CCC[C@]3(C)[C@@H]([C@H](C)C=CC[C@@H](C)O)CC[C@@H]23)C[C@H]1O. The van der Waals surface area contributed by atoms with Gasteiger partial charge in [0, 0.05) is 0 Å². The monoisotopic (exact) mass is 400 g/mol. The Balaban J connectivity index is 1.72. The normalized spacial score (nSPS) is 39.0. The molecular formula is C26H40O3. The highest BCUT2D eigenvalue weighted by Gasteiger charge is 2.50. The summed E-state index contributed by atoms with van der Waals surface area (Å²) in [6.07, 6.45) is 15.6. The van der Waals surface area contributed by atoms with Crippen LogP contribution in [0, 0.1) is 23.2 Å². The Kier molecular flexibility index (Phi) is 7.24. The standard InChI is InChI=1S/C26H40O3/c1-17(7-5-8-18(2)27)22-12-13-23-21(9-6-14-26(22,23)4)11-10-20-15-24(28)19(3)25(29)16-20/h5,7,10-11,17-18,22-25,27-29H,3,6,8-9,12-16H2,1-2,4H3/t17-,18-,22-,23+,24-,25-,26-/m1/s1. The van der Waals surface area contributed by atoms with Crippen molar-refractivity contribution in [2.75, 3.05) is 0 Å². The number of fused-ring (bicyclic) bond motifs is 1. The third-order valence-corrected chi connectivity index (χ3v) is 7.89. The molecule has 3 aliphatic rings. The quantitative estimate of drug-likeness (QED) is 0.563. The summed E-state index contributed by atoms with van der Waals surface area (Å²) in [4.78, 5) is 0. The molecular weight excluding hydrogens is 360 g/mol. The Labute approximate surface area is 176 Å². The van der Waals surface area contributed by atoms with Crippen LogP contribution in [-0.4, -0.2) is 33.6 Å². The van der Waals surface area contributed by atoms with Crippen LogP contribution in [-0.2, 0) is 0 Å². The number of aliphatic hydroxyl groups is 3. The van der Waals surface area contributed by atoms with Crippen LogP contribution in [0.3, 0.4) is 0 Å². The maximum Gasteiger partial charge on any atom is 0.0809 e. The lowest BCUT2D eigenvalue weighted by molar-refractivity contribution is 0.112. The Morgan fingerprint density at radius 2 is 1.83 bits per heavy atom. The summed E-state index contributed by atoms with van der Waals surface area (Å²) in [5.41, 5.74) is 3.58. The van der Waals surface area contributed by atoms with Crippen molar-refractivity contribution in [3.8, 4) is 0 Å². The zero-order valence-electron chi connectivity index (χ0n) is 18.5. The van der Waals surface area contributed by atoms with Gasteiger partial charge in [0.1, 0.15) is 0 Å². The van der Waals surface area contributed by atoms with Crippen molar-refractivity contribution in [2.24, 2.45) is 23.2 Å². The molecule has 29 heavy (non-hydrogen) atoms. The first-order valence-corrected chi connectivity index (χ1v) is 11.5. The van der Waals surface area contributed by atoms with E-state index >= 15 is 0 Å². The molecule has 0 saturated heterocycles. The van der Waals surface area contributed by atoms with E-state index in [-0.39, 0.29) is 6.10 Å². The number of hydrogen-bond acceptors (Lipinski definition) is 3. The largest absolute Gasteiger partial charge is 0.393 e. The summed E-state index contributed by atoms with van der Waals surface area (Å²) in [6, 6.07) is 0. The van der Waals surface area contributed by atoms with E-state index in [9.17, 15) is 15.3 Å². The second-order valence-corrected chi connectivity index (χ2v) is 10.0. The highest BCUT2D eigenvalue weighted by molar-refractivity contribution is 5.29. The maximum absolute atomic E-state index is 10.1. The summed E-state index contributed by atoms with van der Waals surface area (Å²) < 4.78 is 0. The van der Waals surface area contributed by atoms with E-state index in [2.05, 4.69) is 44.7 Å². The smallest absolute Gasteiger partial charge is 0.0809 e. The first kappa shape index (κ1) is 22.5. The van der Waals surface area contributed by atoms with Crippen LogP contribution in [0.1, 0.15) is 72.1 Å². The van der Waals surface area contributed by atoms with Gasteiger partial charge in [0.2, 0.25) is 0 Å². The van der Waals surface area contributed by atoms with E-state index in [1.807, 2.05) is 6.92 Å². The molecule has 0 aromatic carbocycles. The predicted octanol–water partition coefficient (Wildman–Crippen LogP) is 5.09. The molecule has 7 atom stereocenters. The van der Waals surface area contributed by atoms with Gasteiger partial charge in [-0.2, -0.15) is 0 Å². The molecule has 3 heteroatoms. The first-order valence-electron chi connectivity index (χ1n) is 11.5. The zero-order valence-corrected chi connectivity index (χ0v) is 18.5. The maximum atomic E-state index is 10.1. The van der Waals surface area contributed by atoms with Gasteiger partial charge >= 0.3 is 0 Å². The first-order chi connectivity index (χ1) is 13.7. The lowest BCUT2D eigenvalue weighted by Gasteiger charge is -2.44. The Hall–Kier alpha value is -1.16. The number of allylic oxidation sites excluding steroid dienone is 4. The van der Waals surface area contributed by atoms with E-state index in [0.29, 0.717) is 41.6 Å². The molecule has 3 aliphatic carbocycles. The van der Waals surface area contributed by atoms with Gasteiger partial charge in [0.15, 0.2) is 0 Å². The van der Waals surface area contributed by atoms with Crippen LogP contribution in [0.4, 0.5) is 0 Å². The minimum Gasteiger partial charge on any atom is -0.393 e. The minimum atomic E-state index is -0.620. The molecule has 0 radical (unpaired) electrons. The van der Waals surface area contributed by atoms with Crippen molar-refractivity contribution in [1.29, 1.82) is 0 Å². The summed E-state index contributed by atoms with van der Waals surface area (Å²) in [7, 11) is 0. The van der Waals surface area contributed by atoms with E-state index in [4.69, 9.17) is 0 Å². The molecule has 3 nitrogen and oxygen atoms in total. The van der Waals surface area contributed by atoms with Gasteiger partial charge in [-0.3, -0.25) is 0 Å².